The average molecular weight is 374 g/mol. The van der Waals surface area contributed by atoms with Crippen molar-refractivity contribution in [2.45, 2.75) is 18.9 Å². The highest BCUT2D eigenvalue weighted by Crippen LogP contribution is 2.17. The largest absolute Gasteiger partial charge is 0.381 e. The number of hydrogen-bond donors (Lipinski definition) is 2. The van der Waals surface area contributed by atoms with E-state index in [2.05, 4.69) is 25.5 Å². The normalized spacial score (nSPS) is 22.7. The Morgan fingerprint density at radius 2 is 2.30 bits per heavy atom. The molecule has 148 valence electrons. The Bertz CT molecular complexity index is 630. The molecule has 0 aliphatic carbocycles. The second-order valence-corrected chi connectivity index (χ2v) is 7.33. The molecule has 1 amide bonds. The van der Waals surface area contributed by atoms with Gasteiger partial charge in [-0.1, -0.05) is 6.07 Å². The van der Waals surface area contributed by atoms with E-state index in [1.54, 1.807) is 19.0 Å². The molecule has 2 N–H and O–H groups in total. The van der Waals surface area contributed by atoms with E-state index in [0.717, 1.165) is 51.5 Å². The lowest BCUT2D eigenvalue weighted by Gasteiger charge is -2.21. The third kappa shape index (κ3) is 5.82. The zero-order valence-corrected chi connectivity index (χ0v) is 16.2. The third-order valence-corrected chi connectivity index (χ3v) is 4.96. The highest BCUT2D eigenvalue weighted by Gasteiger charge is 2.24. The third-order valence-electron chi connectivity index (χ3n) is 4.96. The summed E-state index contributed by atoms with van der Waals surface area (Å²) < 4.78 is 5.44. The molecule has 2 atom stereocenters. The Kier molecular flexibility index (Phi) is 6.86. The van der Waals surface area contributed by atoms with Crippen molar-refractivity contribution in [1.29, 1.82) is 0 Å². The van der Waals surface area contributed by atoms with Gasteiger partial charge < -0.3 is 25.2 Å². The van der Waals surface area contributed by atoms with Crippen molar-refractivity contribution < 1.29 is 9.53 Å². The molecule has 0 radical (unpaired) electrons. The lowest BCUT2D eigenvalue weighted by Crippen LogP contribution is -2.46. The lowest BCUT2D eigenvalue weighted by atomic mass is 10.1. The van der Waals surface area contributed by atoms with Gasteiger partial charge >= 0.3 is 0 Å². The fraction of sp³-hybridized carbons (Fsp3) is 0.632. The van der Waals surface area contributed by atoms with Crippen molar-refractivity contribution in [1.82, 2.24) is 20.5 Å². The van der Waals surface area contributed by atoms with Gasteiger partial charge in [0.05, 0.1) is 6.61 Å². The monoisotopic (exact) mass is 374 g/mol. The molecule has 0 bridgehead atoms. The number of hydrogen-bond acceptors (Lipinski definition) is 5. The number of guanidine groups is 1. The van der Waals surface area contributed by atoms with Crippen molar-refractivity contribution in [2.24, 2.45) is 10.9 Å². The van der Waals surface area contributed by atoms with E-state index in [1.165, 1.54) is 0 Å². The molecule has 2 saturated heterocycles. The van der Waals surface area contributed by atoms with Crippen LogP contribution in [0.15, 0.2) is 29.4 Å². The minimum atomic E-state index is -0.0122. The highest BCUT2D eigenvalue weighted by atomic mass is 16.5. The quantitative estimate of drug-likeness (QED) is 0.551. The zero-order valence-electron chi connectivity index (χ0n) is 16.2. The van der Waals surface area contributed by atoms with Crippen LogP contribution in [0.1, 0.15) is 12.8 Å². The van der Waals surface area contributed by atoms with Crippen LogP contribution in [0, 0.1) is 5.92 Å². The lowest BCUT2D eigenvalue weighted by molar-refractivity contribution is -0.127. The van der Waals surface area contributed by atoms with E-state index in [4.69, 9.17) is 4.74 Å². The molecule has 0 aromatic carbocycles. The number of nitrogens with one attached hydrogen (secondary N) is 2. The Balaban J connectivity index is 1.56. The highest BCUT2D eigenvalue weighted by molar-refractivity contribution is 5.85. The van der Waals surface area contributed by atoms with E-state index in [1.807, 2.05) is 24.4 Å². The number of pyridine rings is 1. The van der Waals surface area contributed by atoms with Gasteiger partial charge in [0.1, 0.15) is 12.4 Å². The number of aromatic nitrogens is 1. The molecule has 2 aliphatic rings. The van der Waals surface area contributed by atoms with Crippen LogP contribution >= 0.6 is 0 Å². The zero-order chi connectivity index (χ0) is 19.1. The summed E-state index contributed by atoms with van der Waals surface area (Å²) in [6.45, 7) is 4.38. The summed E-state index contributed by atoms with van der Waals surface area (Å²) in [7, 11) is 3.49. The maximum Gasteiger partial charge on any atom is 0.243 e. The summed E-state index contributed by atoms with van der Waals surface area (Å²) in [6, 6.07) is 6.24. The molecule has 0 spiro atoms. The number of nitrogens with zero attached hydrogens (tertiary/aromatic N) is 4. The van der Waals surface area contributed by atoms with E-state index in [0.29, 0.717) is 11.9 Å². The number of amides is 1. The predicted octanol–water partition coefficient (Wildman–Crippen LogP) is 0.320. The molecule has 8 heteroatoms. The molecule has 1 aromatic rings. The van der Waals surface area contributed by atoms with Crippen LogP contribution in [0.4, 0.5) is 5.82 Å². The van der Waals surface area contributed by atoms with Gasteiger partial charge in [-0.25, -0.2) is 9.98 Å². The number of anilines is 1. The van der Waals surface area contributed by atoms with Crippen molar-refractivity contribution in [3.8, 4) is 0 Å². The molecule has 8 nitrogen and oxygen atoms in total. The van der Waals surface area contributed by atoms with Crippen molar-refractivity contribution in [2.75, 3.05) is 58.4 Å². The van der Waals surface area contributed by atoms with Crippen molar-refractivity contribution in [3.05, 3.63) is 24.4 Å². The van der Waals surface area contributed by atoms with Crippen LogP contribution in [0.3, 0.4) is 0 Å². The van der Waals surface area contributed by atoms with Crippen LogP contribution in [0.2, 0.25) is 0 Å². The smallest absolute Gasteiger partial charge is 0.243 e. The molecule has 3 rings (SSSR count). The van der Waals surface area contributed by atoms with Crippen LogP contribution in [-0.4, -0.2) is 81.3 Å². The first kappa shape index (κ1) is 19.4. The molecule has 2 unspecified atom stereocenters. The molecular formula is C19H30N6O2. The van der Waals surface area contributed by atoms with Crippen molar-refractivity contribution >= 4 is 17.7 Å². The van der Waals surface area contributed by atoms with Crippen molar-refractivity contribution in [3.63, 3.8) is 0 Å². The average Bonchev–Trinajstić information content (AvgIpc) is 3.36. The Labute approximate surface area is 161 Å². The molecule has 2 aliphatic heterocycles. The van der Waals surface area contributed by atoms with Crippen LogP contribution in [0.5, 0.6) is 0 Å². The Hall–Kier alpha value is -2.35. The van der Waals surface area contributed by atoms with Gasteiger partial charge in [-0.05, 0) is 25.0 Å². The van der Waals surface area contributed by atoms with E-state index in [-0.39, 0.29) is 18.5 Å². The maximum absolute atomic E-state index is 11.9. The number of aliphatic imine (C=N–C) groups is 1. The molecule has 2 fully saturated rings. The topological polar surface area (TPSA) is 82.1 Å². The second kappa shape index (κ2) is 9.55. The summed E-state index contributed by atoms with van der Waals surface area (Å²) in [5.74, 6) is 2.18. The summed E-state index contributed by atoms with van der Waals surface area (Å²) in [6.07, 6.45) is 3.89. The maximum atomic E-state index is 11.9. The molecule has 1 aromatic heterocycles. The fourth-order valence-electron chi connectivity index (χ4n) is 3.25. The second-order valence-electron chi connectivity index (χ2n) is 7.33. The Morgan fingerprint density at radius 3 is 3.00 bits per heavy atom. The summed E-state index contributed by atoms with van der Waals surface area (Å²) >= 11 is 0. The van der Waals surface area contributed by atoms with Gasteiger partial charge in [0.15, 0.2) is 5.96 Å². The predicted molar refractivity (Wildman–Crippen MR) is 106 cm³/mol. The number of rotatable bonds is 6. The minimum absolute atomic E-state index is 0.0122. The van der Waals surface area contributed by atoms with Crippen LogP contribution in [0.25, 0.3) is 0 Å². The van der Waals surface area contributed by atoms with E-state index >= 15 is 0 Å². The summed E-state index contributed by atoms with van der Waals surface area (Å²) in [5.41, 5.74) is 0. The summed E-state index contributed by atoms with van der Waals surface area (Å²) in [4.78, 5) is 24.7. The van der Waals surface area contributed by atoms with Gasteiger partial charge in [0.25, 0.3) is 0 Å². The fourth-order valence-corrected chi connectivity index (χ4v) is 3.25. The van der Waals surface area contributed by atoms with Gasteiger partial charge in [-0.2, -0.15) is 0 Å². The van der Waals surface area contributed by atoms with Crippen LogP contribution < -0.4 is 15.5 Å². The SMILES string of the molecule is CN(C)C(=O)CN=C(NCC1CCOC1)NC1CCN(c2ccccn2)C1. The van der Waals surface area contributed by atoms with Gasteiger partial charge in [-0.15, -0.1) is 0 Å². The molecular weight excluding hydrogens is 344 g/mol. The number of carbonyl (C=O) groups is 1. The standard InChI is InChI=1S/C19H30N6O2/c1-24(2)18(26)12-22-19(21-11-15-7-10-27-14-15)23-16-6-9-25(13-16)17-5-3-4-8-20-17/h3-5,8,15-16H,6-7,9-14H2,1-2H3,(H2,21,22,23). The first-order valence-corrected chi connectivity index (χ1v) is 9.60. The minimum Gasteiger partial charge on any atom is -0.381 e. The molecule has 0 saturated carbocycles. The van der Waals surface area contributed by atoms with E-state index < -0.39 is 0 Å². The van der Waals surface area contributed by atoms with Gasteiger partial charge in [0.2, 0.25) is 5.91 Å². The molecule has 3 heterocycles. The first-order chi connectivity index (χ1) is 13.1. The van der Waals surface area contributed by atoms with Gasteiger partial charge in [0, 0.05) is 58.5 Å². The van der Waals surface area contributed by atoms with Crippen LogP contribution in [-0.2, 0) is 9.53 Å². The van der Waals surface area contributed by atoms with Gasteiger partial charge in [-0.3, -0.25) is 4.79 Å². The Morgan fingerprint density at radius 1 is 1.41 bits per heavy atom. The molecule has 27 heavy (non-hydrogen) atoms. The summed E-state index contributed by atoms with van der Waals surface area (Å²) in [5, 5.41) is 6.88. The number of carbonyl (C=O) groups excluding carboxylic acids is 1. The number of ether oxygens (including phenoxy) is 1. The first-order valence-electron chi connectivity index (χ1n) is 9.60. The van der Waals surface area contributed by atoms with E-state index in [9.17, 15) is 4.79 Å². The number of likely N-dealkylation sites (N-methyl/N-ethyl adjacent to an activating group) is 1.